The van der Waals surface area contributed by atoms with Crippen molar-refractivity contribution in [2.75, 3.05) is 20.6 Å². The minimum absolute atomic E-state index is 0.147. The van der Waals surface area contributed by atoms with Gasteiger partial charge < -0.3 is 10.2 Å². The fourth-order valence-corrected chi connectivity index (χ4v) is 1.85. The maximum atomic E-state index is 12.6. The Kier molecular flexibility index (Phi) is 5.15. The summed E-state index contributed by atoms with van der Waals surface area (Å²) in [5.41, 5.74) is -1.07. The molecule has 0 atom stereocenters. The van der Waals surface area contributed by atoms with Gasteiger partial charge in [-0.15, -0.1) is 0 Å². The van der Waals surface area contributed by atoms with Crippen LogP contribution in [0.25, 0.3) is 0 Å². The van der Waals surface area contributed by atoms with Crippen LogP contribution < -0.4 is 5.32 Å². The Bertz CT molecular complexity index is 532. The first-order chi connectivity index (χ1) is 9.16. The lowest BCUT2D eigenvalue weighted by molar-refractivity contribution is -0.137. The second-order valence-electron chi connectivity index (χ2n) is 4.03. The molecule has 1 aromatic rings. The molecule has 4 nitrogen and oxygen atoms in total. The maximum Gasteiger partial charge on any atom is 0.416 e. The number of amides is 2. The molecule has 0 fully saturated rings. The van der Waals surface area contributed by atoms with E-state index in [1.165, 1.54) is 14.1 Å². The quantitative estimate of drug-likeness (QED) is 0.907. The Balaban J connectivity index is 3.06. The lowest BCUT2D eigenvalue weighted by Crippen LogP contribution is -2.37. The van der Waals surface area contributed by atoms with Gasteiger partial charge in [0.25, 0.3) is 5.91 Å². The molecule has 8 heteroatoms. The van der Waals surface area contributed by atoms with Crippen molar-refractivity contribution >= 4 is 27.7 Å². The zero-order valence-electron chi connectivity index (χ0n) is 10.7. The van der Waals surface area contributed by atoms with E-state index in [-0.39, 0.29) is 16.6 Å². The first kappa shape index (κ1) is 16.5. The number of rotatable bonds is 3. The first-order valence-corrected chi connectivity index (χ1v) is 6.29. The van der Waals surface area contributed by atoms with Crippen molar-refractivity contribution in [1.82, 2.24) is 10.2 Å². The van der Waals surface area contributed by atoms with Gasteiger partial charge in [0.1, 0.15) is 0 Å². The molecule has 0 aliphatic rings. The van der Waals surface area contributed by atoms with Crippen LogP contribution in [0.15, 0.2) is 22.7 Å². The summed E-state index contributed by atoms with van der Waals surface area (Å²) in [5, 5.41) is 2.33. The summed E-state index contributed by atoms with van der Waals surface area (Å²) in [6, 6.07) is 2.79. The monoisotopic (exact) mass is 352 g/mol. The number of halogens is 4. The van der Waals surface area contributed by atoms with Crippen LogP contribution in [-0.2, 0) is 11.0 Å². The summed E-state index contributed by atoms with van der Waals surface area (Å²) in [7, 11) is 2.74. The molecule has 0 radical (unpaired) electrons. The summed E-state index contributed by atoms with van der Waals surface area (Å²) in [4.78, 5) is 24.3. The third-order valence-electron chi connectivity index (χ3n) is 2.53. The van der Waals surface area contributed by atoms with Crippen molar-refractivity contribution in [3.8, 4) is 0 Å². The highest BCUT2D eigenvalue weighted by molar-refractivity contribution is 9.10. The van der Waals surface area contributed by atoms with E-state index in [4.69, 9.17) is 0 Å². The summed E-state index contributed by atoms with van der Waals surface area (Å²) in [6.07, 6.45) is -4.53. The standard InChI is InChI=1S/C12H12BrF3N2O2/c1-17-10(19)6-18(2)11(20)8-5-7(12(14,15)16)3-4-9(8)13/h3-5H,6H2,1-2H3,(H,17,19). The predicted octanol–water partition coefficient (Wildman–Crippen LogP) is 2.29. The van der Waals surface area contributed by atoms with Crippen LogP contribution >= 0.6 is 15.9 Å². The predicted molar refractivity (Wildman–Crippen MR) is 70.2 cm³/mol. The van der Waals surface area contributed by atoms with E-state index in [2.05, 4.69) is 21.2 Å². The van der Waals surface area contributed by atoms with Crippen LogP contribution in [0.4, 0.5) is 13.2 Å². The van der Waals surface area contributed by atoms with Gasteiger partial charge in [-0.3, -0.25) is 9.59 Å². The van der Waals surface area contributed by atoms with Crippen molar-refractivity contribution in [3.63, 3.8) is 0 Å². The lowest BCUT2D eigenvalue weighted by Gasteiger charge is -2.18. The van der Waals surface area contributed by atoms with Gasteiger partial charge in [0.15, 0.2) is 0 Å². The largest absolute Gasteiger partial charge is 0.416 e. The number of nitrogens with zero attached hydrogens (tertiary/aromatic N) is 1. The van der Waals surface area contributed by atoms with Crippen molar-refractivity contribution in [1.29, 1.82) is 0 Å². The Labute approximate surface area is 122 Å². The number of carbonyl (C=O) groups is 2. The SMILES string of the molecule is CNC(=O)CN(C)C(=O)c1cc(C(F)(F)F)ccc1Br. The van der Waals surface area contributed by atoms with E-state index in [1.54, 1.807) is 0 Å². The second-order valence-corrected chi connectivity index (χ2v) is 4.88. The lowest BCUT2D eigenvalue weighted by atomic mass is 10.1. The van der Waals surface area contributed by atoms with Gasteiger partial charge in [-0.05, 0) is 34.1 Å². The molecular weight excluding hydrogens is 341 g/mol. The van der Waals surface area contributed by atoms with Crippen molar-refractivity contribution in [2.45, 2.75) is 6.18 Å². The van der Waals surface area contributed by atoms with Gasteiger partial charge in [-0.25, -0.2) is 0 Å². The average Bonchev–Trinajstić information content (AvgIpc) is 2.36. The molecule has 0 spiro atoms. The van der Waals surface area contributed by atoms with Crippen LogP contribution in [0.3, 0.4) is 0 Å². The van der Waals surface area contributed by atoms with Crippen LogP contribution in [0, 0.1) is 0 Å². The second kappa shape index (κ2) is 6.25. The van der Waals surface area contributed by atoms with Gasteiger partial charge in [-0.1, -0.05) is 0 Å². The molecule has 1 rings (SSSR count). The van der Waals surface area contributed by atoms with Crippen molar-refractivity contribution < 1.29 is 22.8 Å². The van der Waals surface area contributed by atoms with E-state index in [0.717, 1.165) is 23.1 Å². The molecule has 0 heterocycles. The zero-order valence-corrected chi connectivity index (χ0v) is 12.3. The summed E-state index contributed by atoms with van der Waals surface area (Å²) >= 11 is 3.03. The van der Waals surface area contributed by atoms with Crippen LogP contribution in [0.5, 0.6) is 0 Å². The minimum Gasteiger partial charge on any atom is -0.358 e. The number of hydrogen-bond acceptors (Lipinski definition) is 2. The molecule has 2 amide bonds. The summed E-state index contributed by atoms with van der Waals surface area (Å²) < 4.78 is 38.1. The number of hydrogen-bond donors (Lipinski definition) is 1. The van der Waals surface area contributed by atoms with E-state index >= 15 is 0 Å². The molecule has 0 saturated carbocycles. The molecule has 0 aromatic heterocycles. The molecule has 1 N–H and O–H groups in total. The van der Waals surface area contributed by atoms with E-state index in [0.29, 0.717) is 0 Å². The van der Waals surface area contributed by atoms with Gasteiger partial charge >= 0.3 is 6.18 Å². The summed E-state index contributed by atoms with van der Waals surface area (Å²) in [5.74, 6) is -1.09. The smallest absolute Gasteiger partial charge is 0.358 e. The fraction of sp³-hybridized carbons (Fsp3) is 0.333. The molecule has 1 aromatic carbocycles. The molecule has 0 unspecified atom stereocenters. The molecule has 110 valence electrons. The van der Waals surface area contributed by atoms with Gasteiger partial charge in [-0.2, -0.15) is 13.2 Å². The highest BCUT2D eigenvalue weighted by Crippen LogP contribution is 2.32. The minimum atomic E-state index is -4.53. The Morgan fingerprint density at radius 1 is 1.35 bits per heavy atom. The first-order valence-electron chi connectivity index (χ1n) is 5.49. The Morgan fingerprint density at radius 2 is 1.95 bits per heavy atom. The number of benzene rings is 1. The van der Waals surface area contributed by atoms with Gasteiger partial charge in [0.05, 0.1) is 17.7 Å². The number of alkyl halides is 3. The third kappa shape index (κ3) is 3.96. The Morgan fingerprint density at radius 3 is 2.45 bits per heavy atom. The summed E-state index contributed by atoms with van der Waals surface area (Å²) in [6.45, 7) is -0.238. The van der Waals surface area contributed by atoms with Crippen LogP contribution in [-0.4, -0.2) is 37.4 Å². The Hall–Kier alpha value is -1.57. The van der Waals surface area contributed by atoms with Gasteiger partial charge in [0.2, 0.25) is 5.91 Å². The number of likely N-dealkylation sites (N-methyl/N-ethyl adjacent to an activating group) is 2. The van der Waals surface area contributed by atoms with Gasteiger partial charge in [0, 0.05) is 18.6 Å². The third-order valence-corrected chi connectivity index (χ3v) is 3.22. The topological polar surface area (TPSA) is 49.4 Å². The zero-order chi connectivity index (χ0) is 15.5. The van der Waals surface area contributed by atoms with Crippen LogP contribution in [0.1, 0.15) is 15.9 Å². The van der Waals surface area contributed by atoms with E-state index < -0.39 is 23.6 Å². The highest BCUT2D eigenvalue weighted by Gasteiger charge is 2.32. The van der Waals surface area contributed by atoms with E-state index in [9.17, 15) is 22.8 Å². The molecular formula is C12H12BrF3N2O2. The fourth-order valence-electron chi connectivity index (χ4n) is 1.44. The normalized spacial score (nSPS) is 11.1. The number of nitrogens with one attached hydrogen (secondary N) is 1. The maximum absolute atomic E-state index is 12.6. The molecule has 0 aliphatic carbocycles. The molecule has 0 bridgehead atoms. The molecule has 0 aliphatic heterocycles. The highest BCUT2D eigenvalue weighted by atomic mass is 79.9. The van der Waals surface area contributed by atoms with Crippen LogP contribution in [0.2, 0.25) is 0 Å². The number of carbonyl (C=O) groups excluding carboxylic acids is 2. The van der Waals surface area contributed by atoms with Crippen molar-refractivity contribution in [3.05, 3.63) is 33.8 Å². The molecule has 0 saturated heterocycles. The molecule has 20 heavy (non-hydrogen) atoms. The average molecular weight is 353 g/mol. The van der Waals surface area contributed by atoms with Crippen molar-refractivity contribution in [2.24, 2.45) is 0 Å². The van der Waals surface area contributed by atoms with E-state index in [1.807, 2.05) is 0 Å².